The van der Waals surface area contributed by atoms with E-state index in [9.17, 15) is 9.50 Å². The number of morpholine rings is 1. The first-order valence-electron chi connectivity index (χ1n) is 12.0. The van der Waals surface area contributed by atoms with Crippen LogP contribution in [0.3, 0.4) is 0 Å². The summed E-state index contributed by atoms with van der Waals surface area (Å²) in [5.41, 5.74) is 4.31. The van der Waals surface area contributed by atoms with Gasteiger partial charge in [0, 0.05) is 44.4 Å². The molecule has 34 heavy (non-hydrogen) atoms. The Morgan fingerprint density at radius 2 is 1.91 bits per heavy atom. The van der Waals surface area contributed by atoms with Gasteiger partial charge < -0.3 is 24.8 Å². The van der Waals surface area contributed by atoms with Crippen molar-refractivity contribution in [3.8, 4) is 5.75 Å². The molecular weight excluding hydrogens is 431 g/mol. The van der Waals surface area contributed by atoms with Crippen LogP contribution in [0.15, 0.2) is 72.8 Å². The van der Waals surface area contributed by atoms with E-state index in [-0.39, 0.29) is 29.7 Å². The van der Waals surface area contributed by atoms with Crippen LogP contribution in [0.5, 0.6) is 5.75 Å². The van der Waals surface area contributed by atoms with Crippen molar-refractivity contribution in [3.05, 3.63) is 95.3 Å². The van der Waals surface area contributed by atoms with Gasteiger partial charge in [-0.2, -0.15) is 0 Å². The third-order valence-corrected chi connectivity index (χ3v) is 6.73. The highest BCUT2D eigenvalue weighted by atomic mass is 19.1. The van der Waals surface area contributed by atoms with Crippen LogP contribution in [-0.2, 0) is 16.0 Å². The van der Waals surface area contributed by atoms with Gasteiger partial charge in [0.15, 0.2) is 0 Å². The van der Waals surface area contributed by atoms with Crippen molar-refractivity contribution < 1.29 is 19.0 Å². The number of phenolic OH excluding ortho intramolecular Hbond substituents is 1. The zero-order chi connectivity index (χ0) is 23.3. The van der Waals surface area contributed by atoms with Crippen molar-refractivity contribution in [2.75, 3.05) is 37.7 Å². The number of benzene rings is 3. The van der Waals surface area contributed by atoms with Crippen molar-refractivity contribution in [2.24, 2.45) is 0 Å². The molecule has 2 heterocycles. The third kappa shape index (κ3) is 5.25. The number of nitrogens with zero attached hydrogens (tertiary/aromatic N) is 1. The van der Waals surface area contributed by atoms with Crippen LogP contribution < -0.4 is 10.2 Å². The van der Waals surface area contributed by atoms with Gasteiger partial charge in [0.2, 0.25) is 0 Å². The van der Waals surface area contributed by atoms with E-state index in [1.807, 2.05) is 42.5 Å². The van der Waals surface area contributed by atoms with Gasteiger partial charge in [-0.15, -0.1) is 0 Å². The molecule has 2 aliphatic heterocycles. The molecule has 1 fully saturated rings. The maximum absolute atomic E-state index is 13.6. The molecular formula is C28H31FN2O3. The Labute approximate surface area is 200 Å². The number of ether oxygens (including phenoxy) is 2. The van der Waals surface area contributed by atoms with Crippen molar-refractivity contribution in [3.63, 3.8) is 0 Å². The second-order valence-corrected chi connectivity index (χ2v) is 9.03. The summed E-state index contributed by atoms with van der Waals surface area (Å²) >= 11 is 0. The highest BCUT2D eigenvalue weighted by Gasteiger charge is 2.34. The predicted molar refractivity (Wildman–Crippen MR) is 131 cm³/mol. The molecule has 2 N–H and O–H groups in total. The number of aromatic hydroxyl groups is 1. The summed E-state index contributed by atoms with van der Waals surface area (Å²) in [4.78, 5) is 2.26. The first-order valence-corrected chi connectivity index (χ1v) is 12.0. The smallest absolute Gasteiger partial charge is 0.123 e. The lowest BCUT2D eigenvalue weighted by Gasteiger charge is -2.40. The fourth-order valence-electron chi connectivity index (χ4n) is 5.00. The Bertz CT molecular complexity index is 1070. The number of fused-ring (bicyclic) bond motifs is 1. The Hall–Kier alpha value is -2.93. The molecule has 3 aromatic rings. The van der Waals surface area contributed by atoms with Crippen LogP contribution >= 0.6 is 0 Å². The van der Waals surface area contributed by atoms with Gasteiger partial charge in [-0.3, -0.25) is 0 Å². The average molecular weight is 463 g/mol. The van der Waals surface area contributed by atoms with E-state index in [0.29, 0.717) is 19.7 Å². The largest absolute Gasteiger partial charge is 0.508 e. The van der Waals surface area contributed by atoms with E-state index in [0.717, 1.165) is 48.5 Å². The third-order valence-electron chi connectivity index (χ3n) is 6.73. The van der Waals surface area contributed by atoms with Crippen LogP contribution in [0.1, 0.15) is 35.1 Å². The van der Waals surface area contributed by atoms with E-state index >= 15 is 0 Å². The summed E-state index contributed by atoms with van der Waals surface area (Å²) in [7, 11) is 0. The highest BCUT2D eigenvalue weighted by molar-refractivity contribution is 5.52. The van der Waals surface area contributed by atoms with Crippen LogP contribution in [0.2, 0.25) is 0 Å². The molecule has 0 radical (unpaired) electrons. The number of nitrogens with one attached hydrogen (secondary N) is 1. The molecule has 5 nitrogen and oxygen atoms in total. The number of anilines is 1. The van der Waals surface area contributed by atoms with Crippen molar-refractivity contribution >= 4 is 5.69 Å². The molecule has 3 atom stereocenters. The summed E-state index contributed by atoms with van der Waals surface area (Å²) in [6, 6.07) is 22.5. The molecule has 0 saturated carbocycles. The molecule has 0 amide bonds. The minimum atomic E-state index is -0.243. The topological polar surface area (TPSA) is 54.0 Å². The van der Waals surface area contributed by atoms with Gasteiger partial charge in [0.05, 0.1) is 18.8 Å². The predicted octanol–water partition coefficient (Wildman–Crippen LogP) is 4.77. The Kier molecular flexibility index (Phi) is 7.09. The first-order chi connectivity index (χ1) is 16.7. The maximum atomic E-state index is 13.6. The summed E-state index contributed by atoms with van der Waals surface area (Å²) < 4.78 is 26.0. The van der Waals surface area contributed by atoms with E-state index < -0.39 is 0 Å². The summed E-state index contributed by atoms with van der Waals surface area (Å²) in [6.45, 7) is 4.44. The number of rotatable bonds is 7. The standard InChI is InChI=1S/C28H31FN2O3/c29-22-7-9-23(10-8-22)31-18-21-6-11-24(32)16-26(21)27(19-31)28(20-4-2-1-3-5-20)34-14-12-25-17-30-13-15-33-25/h1-11,16,25,27-28,30,32H,12-15,17-19H2/t25?,27-,28?/m0/s1. The molecule has 6 heteroatoms. The molecule has 0 spiro atoms. The molecule has 3 aromatic carbocycles. The van der Waals surface area contributed by atoms with Gasteiger partial charge in [-0.05, 0) is 59.5 Å². The fraction of sp³-hybridized carbons (Fsp3) is 0.357. The van der Waals surface area contributed by atoms with Crippen molar-refractivity contribution in [1.29, 1.82) is 0 Å². The lowest BCUT2D eigenvalue weighted by Crippen LogP contribution is -2.39. The summed E-state index contributed by atoms with van der Waals surface area (Å²) in [5.74, 6) is 0.00808. The van der Waals surface area contributed by atoms with Crippen LogP contribution in [0, 0.1) is 5.82 Å². The molecule has 2 aliphatic rings. The molecule has 0 aliphatic carbocycles. The SMILES string of the molecule is Oc1ccc2c(c1)[C@@H](C(OCCC1CNCCO1)c1ccccc1)CN(c1ccc(F)cc1)C2. The van der Waals surface area contributed by atoms with Gasteiger partial charge >= 0.3 is 0 Å². The van der Waals surface area contributed by atoms with E-state index in [1.165, 1.54) is 12.1 Å². The number of hydrogen-bond acceptors (Lipinski definition) is 5. The van der Waals surface area contributed by atoms with Crippen molar-refractivity contribution in [2.45, 2.75) is 31.1 Å². The minimum Gasteiger partial charge on any atom is -0.508 e. The number of halogens is 1. The van der Waals surface area contributed by atoms with Crippen LogP contribution in [-0.4, -0.2) is 44.1 Å². The van der Waals surface area contributed by atoms with E-state index in [1.54, 1.807) is 6.07 Å². The Morgan fingerprint density at radius 1 is 1.09 bits per heavy atom. The van der Waals surface area contributed by atoms with Gasteiger partial charge in [-0.25, -0.2) is 4.39 Å². The lowest BCUT2D eigenvalue weighted by molar-refractivity contribution is -0.0212. The zero-order valence-electron chi connectivity index (χ0n) is 19.2. The first kappa shape index (κ1) is 22.8. The Morgan fingerprint density at radius 3 is 2.68 bits per heavy atom. The molecule has 5 rings (SSSR count). The quantitative estimate of drug-likeness (QED) is 0.530. The molecule has 0 bridgehead atoms. The molecule has 1 saturated heterocycles. The Balaban J connectivity index is 1.44. The monoisotopic (exact) mass is 462 g/mol. The minimum absolute atomic E-state index is 0.00583. The highest BCUT2D eigenvalue weighted by Crippen LogP contribution is 2.42. The number of phenols is 1. The summed E-state index contributed by atoms with van der Waals surface area (Å²) in [5, 5.41) is 13.7. The van der Waals surface area contributed by atoms with Gasteiger partial charge in [0.25, 0.3) is 0 Å². The van der Waals surface area contributed by atoms with Gasteiger partial charge in [0.1, 0.15) is 11.6 Å². The molecule has 0 aromatic heterocycles. The molecule has 2 unspecified atom stereocenters. The van der Waals surface area contributed by atoms with Crippen LogP contribution in [0.4, 0.5) is 10.1 Å². The summed E-state index contributed by atoms with van der Waals surface area (Å²) in [6.07, 6.45) is 0.780. The fourth-order valence-corrected chi connectivity index (χ4v) is 5.00. The molecule has 178 valence electrons. The number of hydrogen-bond donors (Lipinski definition) is 2. The second-order valence-electron chi connectivity index (χ2n) is 9.03. The normalized spacial score (nSPS) is 21.1. The average Bonchev–Trinajstić information content (AvgIpc) is 2.88. The van der Waals surface area contributed by atoms with Gasteiger partial charge in [-0.1, -0.05) is 36.4 Å². The lowest BCUT2D eigenvalue weighted by atomic mass is 9.82. The van der Waals surface area contributed by atoms with Crippen molar-refractivity contribution in [1.82, 2.24) is 5.32 Å². The van der Waals surface area contributed by atoms with E-state index in [2.05, 4.69) is 22.3 Å². The van der Waals surface area contributed by atoms with E-state index in [4.69, 9.17) is 9.47 Å². The van der Waals surface area contributed by atoms with Crippen LogP contribution in [0.25, 0.3) is 0 Å². The maximum Gasteiger partial charge on any atom is 0.123 e. The zero-order valence-corrected chi connectivity index (χ0v) is 19.2. The second kappa shape index (κ2) is 10.6.